The molecule has 3 aromatic carbocycles. The average molecular weight is 395 g/mol. The highest BCUT2D eigenvalue weighted by molar-refractivity contribution is 5.86. The van der Waals surface area contributed by atoms with E-state index in [0.29, 0.717) is 11.7 Å². The summed E-state index contributed by atoms with van der Waals surface area (Å²) < 4.78 is 9.40. The van der Waals surface area contributed by atoms with Crippen LogP contribution in [0, 0.1) is 13.8 Å². The van der Waals surface area contributed by atoms with E-state index in [9.17, 15) is 4.79 Å². The van der Waals surface area contributed by atoms with E-state index in [0.717, 1.165) is 39.1 Å². The van der Waals surface area contributed by atoms with Gasteiger partial charge in [-0.15, -0.1) is 0 Å². The molecule has 0 spiro atoms. The molecule has 30 heavy (non-hydrogen) atoms. The number of nitrogens with zero attached hydrogens (tertiary/aromatic N) is 3. The number of para-hydroxylation sites is 1. The van der Waals surface area contributed by atoms with E-state index < -0.39 is 0 Å². The fourth-order valence-corrected chi connectivity index (χ4v) is 3.92. The zero-order valence-electron chi connectivity index (χ0n) is 17.1. The maximum absolute atomic E-state index is 13.0. The Kier molecular flexibility index (Phi) is 4.17. The minimum Gasteiger partial charge on any atom is -0.440 e. The van der Waals surface area contributed by atoms with Gasteiger partial charge in [0, 0.05) is 25.1 Å². The Labute approximate surface area is 173 Å². The van der Waals surface area contributed by atoms with Gasteiger partial charge >= 0.3 is 5.69 Å². The summed E-state index contributed by atoms with van der Waals surface area (Å²) in [5.41, 5.74) is 6.33. The standard InChI is InChI=1S/C25H21N3O2/c1-16-8-7-9-18(14-16)23-24(30-17(2)26-23)19-12-13-21-22(15-19)27(3)25(29)28(21)20-10-5-4-6-11-20/h4-15H,1-3H3. The predicted molar refractivity (Wildman–Crippen MR) is 119 cm³/mol. The lowest BCUT2D eigenvalue weighted by atomic mass is 10.0. The Morgan fingerprint density at radius 1 is 0.833 bits per heavy atom. The number of fused-ring (bicyclic) bond motifs is 1. The van der Waals surface area contributed by atoms with E-state index in [4.69, 9.17) is 4.42 Å². The fourth-order valence-electron chi connectivity index (χ4n) is 3.92. The van der Waals surface area contributed by atoms with E-state index in [1.165, 1.54) is 0 Å². The van der Waals surface area contributed by atoms with Crippen molar-refractivity contribution in [2.24, 2.45) is 7.05 Å². The van der Waals surface area contributed by atoms with Crippen LogP contribution < -0.4 is 5.69 Å². The van der Waals surface area contributed by atoms with Gasteiger partial charge in [0.25, 0.3) is 0 Å². The van der Waals surface area contributed by atoms with Crippen LogP contribution in [0.15, 0.2) is 82.0 Å². The number of imidazole rings is 1. The number of aromatic nitrogens is 3. The van der Waals surface area contributed by atoms with E-state index in [-0.39, 0.29) is 5.69 Å². The second-order valence-corrected chi connectivity index (χ2v) is 7.50. The van der Waals surface area contributed by atoms with Gasteiger partial charge in [0.05, 0.1) is 16.7 Å². The minimum absolute atomic E-state index is 0.0824. The van der Waals surface area contributed by atoms with Gasteiger partial charge in [-0.05, 0) is 43.3 Å². The summed E-state index contributed by atoms with van der Waals surface area (Å²) in [7, 11) is 1.79. The molecule has 5 aromatic rings. The van der Waals surface area contributed by atoms with Crippen molar-refractivity contribution in [2.75, 3.05) is 0 Å². The third-order valence-electron chi connectivity index (χ3n) is 5.36. The lowest BCUT2D eigenvalue weighted by Gasteiger charge is -2.05. The molecule has 148 valence electrons. The van der Waals surface area contributed by atoms with E-state index in [1.807, 2.05) is 67.6 Å². The Bertz CT molecular complexity index is 1440. The molecule has 0 atom stereocenters. The molecule has 0 radical (unpaired) electrons. The minimum atomic E-state index is -0.0824. The smallest absolute Gasteiger partial charge is 0.333 e. The van der Waals surface area contributed by atoms with Gasteiger partial charge in [0.2, 0.25) is 0 Å². The van der Waals surface area contributed by atoms with Gasteiger partial charge in [-0.2, -0.15) is 0 Å². The first-order valence-corrected chi connectivity index (χ1v) is 9.84. The Balaban J connectivity index is 1.72. The van der Waals surface area contributed by atoms with Crippen molar-refractivity contribution in [3.63, 3.8) is 0 Å². The molecule has 0 aliphatic rings. The zero-order chi connectivity index (χ0) is 20.8. The van der Waals surface area contributed by atoms with E-state index >= 15 is 0 Å². The molecule has 0 aliphatic carbocycles. The van der Waals surface area contributed by atoms with Crippen molar-refractivity contribution in [3.8, 4) is 28.3 Å². The number of benzene rings is 3. The van der Waals surface area contributed by atoms with E-state index in [1.54, 1.807) is 16.2 Å². The third-order valence-corrected chi connectivity index (χ3v) is 5.36. The van der Waals surface area contributed by atoms with Crippen molar-refractivity contribution >= 4 is 11.0 Å². The predicted octanol–water partition coefficient (Wildman–Crippen LogP) is 5.27. The van der Waals surface area contributed by atoms with Crippen molar-refractivity contribution in [1.82, 2.24) is 14.1 Å². The molecule has 0 saturated heterocycles. The van der Waals surface area contributed by atoms with E-state index in [2.05, 4.69) is 24.0 Å². The van der Waals surface area contributed by atoms with Crippen LogP contribution in [0.1, 0.15) is 11.5 Å². The van der Waals surface area contributed by atoms with Crippen LogP contribution in [0.5, 0.6) is 0 Å². The molecule has 0 fully saturated rings. The summed E-state index contributed by atoms with van der Waals surface area (Å²) in [6.45, 7) is 3.91. The molecule has 0 bridgehead atoms. The van der Waals surface area contributed by atoms with Gasteiger partial charge in [-0.25, -0.2) is 9.78 Å². The van der Waals surface area contributed by atoms with Crippen LogP contribution in [-0.4, -0.2) is 14.1 Å². The van der Waals surface area contributed by atoms with Crippen molar-refractivity contribution in [2.45, 2.75) is 13.8 Å². The lowest BCUT2D eigenvalue weighted by Crippen LogP contribution is -2.20. The van der Waals surface area contributed by atoms with Gasteiger partial charge in [0.1, 0.15) is 5.69 Å². The maximum Gasteiger partial charge on any atom is 0.333 e. The first-order valence-electron chi connectivity index (χ1n) is 9.84. The lowest BCUT2D eigenvalue weighted by molar-refractivity contribution is 0.534. The van der Waals surface area contributed by atoms with Crippen LogP contribution in [-0.2, 0) is 7.05 Å². The summed E-state index contributed by atoms with van der Waals surface area (Å²) in [6, 6.07) is 23.8. The highest BCUT2D eigenvalue weighted by Crippen LogP contribution is 2.34. The normalized spacial score (nSPS) is 11.3. The van der Waals surface area contributed by atoms with Crippen LogP contribution in [0.3, 0.4) is 0 Å². The molecule has 0 saturated carbocycles. The second kappa shape index (κ2) is 6.88. The summed E-state index contributed by atoms with van der Waals surface area (Å²) in [4.78, 5) is 17.6. The number of hydrogen-bond donors (Lipinski definition) is 0. The van der Waals surface area contributed by atoms with Crippen molar-refractivity contribution in [1.29, 1.82) is 0 Å². The molecule has 5 nitrogen and oxygen atoms in total. The largest absolute Gasteiger partial charge is 0.440 e. The summed E-state index contributed by atoms with van der Waals surface area (Å²) >= 11 is 0. The quantitative estimate of drug-likeness (QED) is 0.418. The fraction of sp³-hybridized carbons (Fsp3) is 0.120. The maximum atomic E-state index is 13.0. The molecule has 2 heterocycles. The number of rotatable bonds is 3. The molecular weight excluding hydrogens is 374 g/mol. The molecule has 5 heteroatoms. The number of aryl methyl sites for hydroxylation is 3. The van der Waals surface area contributed by atoms with Crippen LogP contribution in [0.25, 0.3) is 39.3 Å². The van der Waals surface area contributed by atoms with Crippen LogP contribution in [0.4, 0.5) is 0 Å². The molecule has 0 unspecified atom stereocenters. The molecule has 0 amide bonds. The Morgan fingerprint density at radius 2 is 1.63 bits per heavy atom. The summed E-state index contributed by atoms with van der Waals surface area (Å²) in [5.74, 6) is 1.32. The highest BCUT2D eigenvalue weighted by Gasteiger charge is 2.18. The van der Waals surface area contributed by atoms with Crippen LogP contribution in [0.2, 0.25) is 0 Å². The van der Waals surface area contributed by atoms with Gasteiger partial charge in [-0.3, -0.25) is 9.13 Å². The van der Waals surface area contributed by atoms with Crippen molar-refractivity contribution in [3.05, 3.63) is 94.7 Å². The summed E-state index contributed by atoms with van der Waals surface area (Å²) in [5, 5.41) is 0. The molecular formula is C25H21N3O2. The van der Waals surface area contributed by atoms with Crippen molar-refractivity contribution < 1.29 is 4.42 Å². The molecule has 2 aromatic heterocycles. The summed E-state index contributed by atoms with van der Waals surface area (Å²) in [6.07, 6.45) is 0. The second-order valence-electron chi connectivity index (χ2n) is 7.50. The van der Waals surface area contributed by atoms with Crippen LogP contribution >= 0.6 is 0 Å². The molecule has 0 N–H and O–H groups in total. The first-order chi connectivity index (χ1) is 14.5. The first kappa shape index (κ1) is 18.2. The average Bonchev–Trinajstić information content (AvgIpc) is 3.26. The molecule has 5 rings (SSSR count). The topological polar surface area (TPSA) is 53.0 Å². The van der Waals surface area contributed by atoms with Gasteiger partial charge < -0.3 is 4.42 Å². The number of hydrogen-bond acceptors (Lipinski definition) is 3. The zero-order valence-corrected chi connectivity index (χ0v) is 17.1. The highest BCUT2D eigenvalue weighted by atomic mass is 16.4. The monoisotopic (exact) mass is 395 g/mol. The third kappa shape index (κ3) is 2.87. The number of oxazole rings is 1. The molecule has 0 aliphatic heterocycles. The van der Waals surface area contributed by atoms with Gasteiger partial charge in [-0.1, -0.05) is 42.0 Å². The van der Waals surface area contributed by atoms with Gasteiger partial charge in [0.15, 0.2) is 11.7 Å². The SMILES string of the molecule is Cc1cccc(-c2nc(C)oc2-c2ccc3c(c2)n(C)c(=O)n3-c2ccccc2)c1. The Morgan fingerprint density at radius 3 is 2.40 bits per heavy atom. The Hall–Kier alpha value is -3.86.